The molecule has 1 aliphatic rings. The first kappa shape index (κ1) is 38.7. The molecule has 55 heavy (non-hydrogen) atoms. The number of hydrogen-bond acceptors (Lipinski definition) is 6. The Balaban J connectivity index is 1.42. The number of aromatic nitrogens is 4. The molecule has 1 N–H and O–H groups in total. The third-order valence-corrected chi connectivity index (χ3v) is 11.8. The van der Waals surface area contributed by atoms with E-state index in [-0.39, 0.29) is 0 Å². The summed E-state index contributed by atoms with van der Waals surface area (Å²) in [6.45, 7) is 14.3. The van der Waals surface area contributed by atoms with Crippen molar-refractivity contribution in [2.45, 2.75) is 53.6 Å². The molecule has 12 heteroatoms. The maximum Gasteiger partial charge on any atom is 0.207 e. The summed E-state index contributed by atoms with van der Waals surface area (Å²) in [5, 5.41) is 11.2. The van der Waals surface area contributed by atoms with Gasteiger partial charge in [0.15, 0.2) is 0 Å². The van der Waals surface area contributed by atoms with Crippen LogP contribution in [0.2, 0.25) is 10.0 Å². The maximum absolute atomic E-state index is 12.1. The summed E-state index contributed by atoms with van der Waals surface area (Å²) in [7, 11) is 1.95. The molecule has 10 nitrogen and oxygen atoms in total. The monoisotopic (exact) mass is 782 g/mol. The third-order valence-electron chi connectivity index (χ3n) is 10.9. The molecule has 1 fully saturated rings. The molecule has 0 radical (unpaired) electrons. The quantitative estimate of drug-likeness (QED) is 0.0836. The smallest absolute Gasteiger partial charge is 0.207 e. The highest BCUT2D eigenvalue weighted by atomic mass is 35.5. The minimum Gasteiger partial charge on any atom is -0.494 e. The minimum atomic E-state index is 0.417. The molecule has 0 saturated carbocycles. The molecule has 0 unspecified atom stereocenters. The van der Waals surface area contributed by atoms with Crippen LogP contribution in [0, 0.1) is 27.7 Å². The minimum absolute atomic E-state index is 0.417. The van der Waals surface area contributed by atoms with Crippen molar-refractivity contribution in [1.82, 2.24) is 29.1 Å². The van der Waals surface area contributed by atoms with Crippen LogP contribution in [0.15, 0.2) is 48.7 Å². The molecule has 0 bridgehead atoms. The number of aryl methyl sites for hydroxylation is 5. The van der Waals surface area contributed by atoms with Crippen molar-refractivity contribution >= 4 is 57.7 Å². The first-order chi connectivity index (χ1) is 26.6. The van der Waals surface area contributed by atoms with Gasteiger partial charge in [-0.2, -0.15) is 5.10 Å². The molecule has 3 aromatic heterocycles. The molecule has 3 aromatic carbocycles. The lowest BCUT2D eigenvalue weighted by Crippen LogP contribution is -2.38. The largest absolute Gasteiger partial charge is 0.494 e. The number of carbonyl (C=O) groups is 2. The number of fused-ring (bicyclic) bond motifs is 2. The Morgan fingerprint density at radius 2 is 1.67 bits per heavy atom. The van der Waals surface area contributed by atoms with E-state index >= 15 is 0 Å². The van der Waals surface area contributed by atoms with Gasteiger partial charge in [-0.05, 0) is 81.5 Å². The van der Waals surface area contributed by atoms with Crippen LogP contribution >= 0.6 is 23.2 Å². The van der Waals surface area contributed by atoms with E-state index in [1.165, 1.54) is 0 Å². The van der Waals surface area contributed by atoms with E-state index in [0.717, 1.165) is 142 Å². The number of morpholine rings is 1. The highest BCUT2D eigenvalue weighted by Gasteiger charge is 2.27. The van der Waals surface area contributed by atoms with Crippen molar-refractivity contribution in [3.05, 3.63) is 92.3 Å². The molecule has 1 amide bonds. The fourth-order valence-electron chi connectivity index (χ4n) is 8.14. The highest BCUT2D eigenvalue weighted by molar-refractivity contribution is 6.35. The van der Waals surface area contributed by atoms with Gasteiger partial charge in [-0.25, -0.2) is 0 Å². The van der Waals surface area contributed by atoms with Gasteiger partial charge in [0.05, 0.1) is 41.7 Å². The standard InChI is InChI=1S/C43H48Cl2N6O4/c1-27-21-32(22-28(2)41(27)45)55-18-6-7-34-35-10-11-37(44)40(39-29(3)47-48(5)30(39)4)43(35)51(13-12-46-26-53)42(34)36-24-50(15-14-49-16-19-54-20-17-49)38-23-31(25-52)8-9-33(36)38/h8-11,21-26H,6-7,12-20H2,1-5H3,(H,46,53). The molecule has 4 heterocycles. The second kappa shape index (κ2) is 16.6. The number of halogens is 2. The first-order valence-corrected chi connectivity index (χ1v) is 19.7. The number of aldehydes is 1. The number of nitrogens with zero attached hydrogens (tertiary/aromatic N) is 5. The van der Waals surface area contributed by atoms with Crippen LogP contribution in [0.1, 0.15) is 44.9 Å². The number of hydrogen-bond donors (Lipinski definition) is 1. The Hall–Kier alpha value is -4.61. The zero-order chi connectivity index (χ0) is 38.8. The van der Waals surface area contributed by atoms with Crippen LogP contribution < -0.4 is 10.1 Å². The van der Waals surface area contributed by atoms with Crippen LogP contribution in [0.4, 0.5) is 0 Å². The highest BCUT2D eigenvalue weighted by Crippen LogP contribution is 2.46. The van der Waals surface area contributed by atoms with Crippen molar-refractivity contribution in [1.29, 1.82) is 0 Å². The van der Waals surface area contributed by atoms with Crippen molar-refractivity contribution in [2.24, 2.45) is 7.05 Å². The van der Waals surface area contributed by atoms with Crippen molar-refractivity contribution in [2.75, 3.05) is 46.0 Å². The lowest BCUT2D eigenvalue weighted by molar-refractivity contribution is -0.109. The molecule has 1 saturated heterocycles. The van der Waals surface area contributed by atoms with Gasteiger partial charge in [-0.15, -0.1) is 0 Å². The van der Waals surface area contributed by atoms with Gasteiger partial charge in [0, 0.05) is 102 Å². The molecule has 0 atom stereocenters. The Morgan fingerprint density at radius 3 is 2.36 bits per heavy atom. The molecule has 7 rings (SSSR count). The lowest BCUT2D eigenvalue weighted by Gasteiger charge is -2.26. The maximum atomic E-state index is 12.1. The summed E-state index contributed by atoms with van der Waals surface area (Å²) in [5.74, 6) is 0.799. The Morgan fingerprint density at radius 1 is 0.927 bits per heavy atom. The first-order valence-electron chi connectivity index (χ1n) is 18.9. The number of nitrogens with one attached hydrogen (secondary N) is 1. The average Bonchev–Trinajstić information content (AvgIpc) is 3.78. The van der Waals surface area contributed by atoms with Crippen LogP contribution in [-0.2, 0) is 36.1 Å². The molecule has 288 valence electrons. The summed E-state index contributed by atoms with van der Waals surface area (Å²) >= 11 is 13.7. The second-order valence-corrected chi connectivity index (χ2v) is 15.2. The SMILES string of the molecule is Cc1cc(OCCCc2c(-c3cn(CCN4CCOCC4)c4cc(C=O)ccc34)n(CCNC=O)c3c(-c4c(C)nn(C)c4C)c(Cl)ccc23)cc(C)c1Cl. The van der Waals surface area contributed by atoms with Gasteiger partial charge in [-0.1, -0.05) is 41.4 Å². The van der Waals surface area contributed by atoms with E-state index in [0.29, 0.717) is 36.7 Å². The van der Waals surface area contributed by atoms with Gasteiger partial charge in [0.25, 0.3) is 0 Å². The number of amides is 1. The van der Waals surface area contributed by atoms with Crippen LogP contribution in [0.5, 0.6) is 5.75 Å². The van der Waals surface area contributed by atoms with E-state index in [1.807, 2.05) is 62.8 Å². The Kier molecular flexibility index (Phi) is 11.7. The molecule has 0 spiro atoms. The van der Waals surface area contributed by atoms with Gasteiger partial charge in [0.2, 0.25) is 6.41 Å². The topological polar surface area (TPSA) is 95.6 Å². The van der Waals surface area contributed by atoms with E-state index in [1.54, 1.807) is 0 Å². The van der Waals surface area contributed by atoms with Crippen molar-refractivity contribution < 1.29 is 19.1 Å². The van der Waals surface area contributed by atoms with Gasteiger partial charge in [-0.3, -0.25) is 19.2 Å². The van der Waals surface area contributed by atoms with Crippen molar-refractivity contribution in [3.63, 3.8) is 0 Å². The Labute approximate surface area is 331 Å². The summed E-state index contributed by atoms with van der Waals surface area (Å²) in [6, 6.07) is 14.0. The van der Waals surface area contributed by atoms with E-state index < -0.39 is 0 Å². The van der Waals surface area contributed by atoms with Gasteiger partial charge in [0.1, 0.15) is 12.0 Å². The molecular formula is C43H48Cl2N6O4. The lowest BCUT2D eigenvalue weighted by atomic mass is 9.97. The summed E-state index contributed by atoms with van der Waals surface area (Å²) in [4.78, 5) is 26.1. The predicted octanol–water partition coefficient (Wildman–Crippen LogP) is 8.11. The number of benzene rings is 3. The Bertz CT molecular complexity index is 2360. The van der Waals surface area contributed by atoms with E-state index in [2.05, 4.69) is 44.6 Å². The molecule has 6 aromatic rings. The fourth-order valence-corrected chi connectivity index (χ4v) is 8.50. The molecule has 1 aliphatic heterocycles. The van der Waals surface area contributed by atoms with Crippen LogP contribution in [0.25, 0.3) is 44.2 Å². The molecular weight excluding hydrogens is 735 g/mol. The fraction of sp³-hybridized carbons (Fsp3) is 0.372. The second-order valence-electron chi connectivity index (χ2n) is 14.4. The number of rotatable bonds is 15. The summed E-state index contributed by atoms with van der Waals surface area (Å²) in [6.07, 6.45) is 5.34. The normalized spacial score (nSPS) is 13.6. The van der Waals surface area contributed by atoms with Crippen LogP contribution in [0.3, 0.4) is 0 Å². The molecule has 0 aliphatic carbocycles. The summed E-state index contributed by atoms with van der Waals surface area (Å²) < 4.78 is 18.4. The van der Waals surface area contributed by atoms with Crippen LogP contribution in [-0.4, -0.2) is 82.5 Å². The average molecular weight is 784 g/mol. The zero-order valence-electron chi connectivity index (χ0n) is 32.2. The van der Waals surface area contributed by atoms with Gasteiger partial charge < -0.3 is 23.9 Å². The third kappa shape index (κ3) is 7.65. The zero-order valence-corrected chi connectivity index (χ0v) is 33.7. The van der Waals surface area contributed by atoms with E-state index in [9.17, 15) is 9.59 Å². The number of ether oxygens (including phenoxy) is 2. The van der Waals surface area contributed by atoms with Gasteiger partial charge >= 0.3 is 0 Å². The predicted molar refractivity (Wildman–Crippen MR) is 221 cm³/mol. The van der Waals surface area contributed by atoms with E-state index in [4.69, 9.17) is 37.8 Å². The van der Waals surface area contributed by atoms with Crippen molar-refractivity contribution in [3.8, 4) is 28.1 Å². The number of carbonyl (C=O) groups excluding carboxylic acids is 2. The summed E-state index contributed by atoms with van der Waals surface area (Å²) in [5.41, 5.74) is 11.7.